The van der Waals surface area contributed by atoms with Gasteiger partial charge in [0.25, 0.3) is 0 Å². The van der Waals surface area contributed by atoms with Crippen molar-refractivity contribution < 1.29 is 9.21 Å². The average molecular weight is 441 g/mol. The number of carbonyl (C=O) groups is 1. The lowest BCUT2D eigenvalue weighted by Gasteiger charge is -2.21. The third kappa shape index (κ3) is 5.93. The van der Waals surface area contributed by atoms with Crippen molar-refractivity contribution in [1.29, 1.82) is 0 Å². The van der Waals surface area contributed by atoms with Crippen LogP contribution in [-0.4, -0.2) is 34.1 Å². The van der Waals surface area contributed by atoms with E-state index in [1.807, 2.05) is 42.2 Å². The van der Waals surface area contributed by atoms with Crippen LogP contribution in [0.4, 0.5) is 5.69 Å². The fourth-order valence-corrected chi connectivity index (χ4v) is 3.72. The summed E-state index contributed by atoms with van der Waals surface area (Å²) in [6.45, 7) is 9.71. The maximum absolute atomic E-state index is 12.8. The van der Waals surface area contributed by atoms with E-state index in [2.05, 4.69) is 42.4 Å². The number of hydrogen-bond acceptors (Lipinski definition) is 5. The molecule has 0 bridgehead atoms. The molecule has 0 fully saturated rings. The van der Waals surface area contributed by atoms with Crippen LogP contribution in [0.2, 0.25) is 5.02 Å². The van der Waals surface area contributed by atoms with Crippen LogP contribution in [0.5, 0.6) is 0 Å². The largest absolute Gasteiger partial charge is 0.419 e. The second kappa shape index (κ2) is 10.6. The second-order valence-corrected chi connectivity index (χ2v) is 8.34. The number of amides is 1. The van der Waals surface area contributed by atoms with E-state index in [0.717, 1.165) is 29.8 Å². The zero-order valence-electron chi connectivity index (χ0n) is 18.5. The van der Waals surface area contributed by atoms with Gasteiger partial charge in [0, 0.05) is 5.69 Å². The van der Waals surface area contributed by atoms with Crippen molar-refractivity contribution in [2.45, 2.75) is 46.6 Å². The van der Waals surface area contributed by atoms with Crippen LogP contribution in [0.15, 0.2) is 46.9 Å². The zero-order chi connectivity index (χ0) is 22.4. The van der Waals surface area contributed by atoms with Gasteiger partial charge in [-0.1, -0.05) is 62.7 Å². The fourth-order valence-electron chi connectivity index (χ4n) is 3.51. The fraction of sp³-hybridized carbons (Fsp3) is 0.375. The molecule has 0 aliphatic heterocycles. The van der Waals surface area contributed by atoms with E-state index in [1.54, 1.807) is 6.07 Å². The summed E-state index contributed by atoms with van der Waals surface area (Å²) < 4.78 is 5.82. The number of para-hydroxylation sites is 1. The normalized spacial score (nSPS) is 11.3. The maximum Gasteiger partial charge on any atom is 0.249 e. The zero-order valence-corrected chi connectivity index (χ0v) is 19.2. The molecule has 7 heteroatoms. The smallest absolute Gasteiger partial charge is 0.249 e. The SMILES string of the molecule is CCCN(CC(=O)Nc1c(C)cccc1C(C)C)Cc1nnc(-c2ccccc2Cl)o1. The molecule has 164 valence electrons. The summed E-state index contributed by atoms with van der Waals surface area (Å²) in [6, 6.07) is 13.4. The highest BCUT2D eigenvalue weighted by atomic mass is 35.5. The number of carbonyl (C=O) groups excluding carboxylic acids is 1. The van der Waals surface area contributed by atoms with E-state index in [0.29, 0.717) is 34.8 Å². The number of aryl methyl sites for hydroxylation is 1. The highest BCUT2D eigenvalue weighted by molar-refractivity contribution is 6.33. The average Bonchev–Trinajstić information content (AvgIpc) is 3.18. The first-order valence-corrected chi connectivity index (χ1v) is 11.0. The van der Waals surface area contributed by atoms with Crippen LogP contribution in [0.1, 0.15) is 50.1 Å². The van der Waals surface area contributed by atoms with Gasteiger partial charge < -0.3 is 9.73 Å². The lowest BCUT2D eigenvalue weighted by Crippen LogP contribution is -2.34. The van der Waals surface area contributed by atoms with Crippen LogP contribution >= 0.6 is 11.6 Å². The molecule has 0 spiro atoms. The van der Waals surface area contributed by atoms with Gasteiger partial charge in [0.15, 0.2) is 0 Å². The quantitative estimate of drug-likeness (QED) is 0.464. The highest BCUT2D eigenvalue weighted by Crippen LogP contribution is 2.28. The van der Waals surface area contributed by atoms with E-state index in [9.17, 15) is 4.79 Å². The molecule has 0 saturated carbocycles. The summed E-state index contributed by atoms with van der Waals surface area (Å²) in [6.07, 6.45) is 0.903. The number of anilines is 1. The van der Waals surface area contributed by atoms with Crippen molar-refractivity contribution in [3.05, 3.63) is 64.5 Å². The molecule has 6 nitrogen and oxygen atoms in total. The molecule has 3 rings (SSSR count). The molecule has 1 aromatic heterocycles. The molecule has 0 radical (unpaired) electrons. The first-order chi connectivity index (χ1) is 14.9. The molecule has 31 heavy (non-hydrogen) atoms. The van der Waals surface area contributed by atoms with E-state index in [4.69, 9.17) is 16.0 Å². The van der Waals surface area contributed by atoms with Gasteiger partial charge in [-0.3, -0.25) is 9.69 Å². The van der Waals surface area contributed by atoms with Gasteiger partial charge in [0.05, 0.1) is 23.7 Å². The van der Waals surface area contributed by atoms with E-state index in [-0.39, 0.29) is 12.5 Å². The Kier molecular flexibility index (Phi) is 7.82. The standard InChI is InChI=1S/C24H29ClN4O2/c1-5-13-29(14-21(30)26-23-17(4)9-8-11-18(23)16(2)3)15-22-27-28-24(31-22)19-10-6-7-12-20(19)25/h6-12,16H,5,13-15H2,1-4H3,(H,26,30). The van der Waals surface area contributed by atoms with Gasteiger partial charge in [0.1, 0.15) is 0 Å². The molecule has 1 N–H and O–H groups in total. The minimum atomic E-state index is -0.0597. The first kappa shape index (κ1) is 23.0. The third-order valence-corrected chi connectivity index (χ3v) is 5.36. The highest BCUT2D eigenvalue weighted by Gasteiger charge is 2.18. The molecule has 0 unspecified atom stereocenters. The van der Waals surface area contributed by atoms with Gasteiger partial charge in [0.2, 0.25) is 17.7 Å². The summed E-state index contributed by atoms with van der Waals surface area (Å²) >= 11 is 6.23. The third-order valence-electron chi connectivity index (χ3n) is 5.03. The van der Waals surface area contributed by atoms with Crippen LogP contribution in [0, 0.1) is 6.92 Å². The first-order valence-electron chi connectivity index (χ1n) is 10.6. The van der Waals surface area contributed by atoms with E-state index < -0.39 is 0 Å². The number of nitrogens with zero attached hydrogens (tertiary/aromatic N) is 3. The molecule has 0 saturated heterocycles. The Morgan fingerprint density at radius 2 is 1.94 bits per heavy atom. The number of halogens is 1. The summed E-state index contributed by atoms with van der Waals surface area (Å²) in [7, 11) is 0. The van der Waals surface area contributed by atoms with Gasteiger partial charge in [-0.25, -0.2) is 0 Å². The van der Waals surface area contributed by atoms with E-state index >= 15 is 0 Å². The van der Waals surface area contributed by atoms with Gasteiger partial charge in [-0.2, -0.15) is 0 Å². The van der Waals surface area contributed by atoms with Crippen molar-refractivity contribution >= 4 is 23.2 Å². The topological polar surface area (TPSA) is 71.3 Å². The maximum atomic E-state index is 12.8. The number of benzene rings is 2. The Balaban J connectivity index is 1.70. The molecular formula is C24H29ClN4O2. The summed E-state index contributed by atoms with van der Waals surface area (Å²) in [5, 5.41) is 11.9. The summed E-state index contributed by atoms with van der Waals surface area (Å²) in [5.41, 5.74) is 3.79. The second-order valence-electron chi connectivity index (χ2n) is 7.93. The Bertz CT molecular complexity index is 1030. The van der Waals surface area contributed by atoms with Crippen LogP contribution < -0.4 is 5.32 Å². The molecular weight excluding hydrogens is 412 g/mol. The molecule has 1 heterocycles. The van der Waals surface area contributed by atoms with Crippen molar-refractivity contribution in [3.63, 3.8) is 0 Å². The lowest BCUT2D eigenvalue weighted by atomic mass is 9.98. The molecule has 3 aromatic rings. The predicted molar refractivity (Wildman–Crippen MR) is 124 cm³/mol. The van der Waals surface area contributed by atoms with Gasteiger partial charge >= 0.3 is 0 Å². The Hall–Kier alpha value is -2.70. The van der Waals surface area contributed by atoms with Crippen LogP contribution in [0.3, 0.4) is 0 Å². The summed E-state index contributed by atoms with van der Waals surface area (Å²) in [4.78, 5) is 14.9. The van der Waals surface area contributed by atoms with Gasteiger partial charge in [-0.05, 0) is 49.1 Å². The van der Waals surface area contributed by atoms with E-state index in [1.165, 1.54) is 0 Å². The molecule has 0 aliphatic rings. The molecule has 2 aromatic carbocycles. The minimum Gasteiger partial charge on any atom is -0.419 e. The predicted octanol–water partition coefficient (Wildman–Crippen LogP) is 5.67. The Labute approximate surface area is 188 Å². The van der Waals surface area contributed by atoms with Crippen LogP contribution in [-0.2, 0) is 11.3 Å². The van der Waals surface area contributed by atoms with Crippen molar-refractivity contribution in [3.8, 4) is 11.5 Å². The molecule has 0 atom stereocenters. The van der Waals surface area contributed by atoms with Gasteiger partial charge in [-0.15, -0.1) is 10.2 Å². The number of rotatable bonds is 9. The number of aromatic nitrogens is 2. The van der Waals surface area contributed by atoms with Crippen molar-refractivity contribution in [2.75, 3.05) is 18.4 Å². The van der Waals surface area contributed by atoms with Crippen LogP contribution in [0.25, 0.3) is 11.5 Å². The molecule has 0 aliphatic carbocycles. The monoisotopic (exact) mass is 440 g/mol. The number of nitrogens with one attached hydrogen (secondary N) is 1. The summed E-state index contributed by atoms with van der Waals surface area (Å²) in [5.74, 6) is 1.09. The lowest BCUT2D eigenvalue weighted by molar-refractivity contribution is -0.117. The Morgan fingerprint density at radius 1 is 1.16 bits per heavy atom. The van der Waals surface area contributed by atoms with Crippen molar-refractivity contribution in [1.82, 2.24) is 15.1 Å². The van der Waals surface area contributed by atoms with Crippen molar-refractivity contribution in [2.24, 2.45) is 0 Å². The Morgan fingerprint density at radius 3 is 2.65 bits per heavy atom. The molecule has 1 amide bonds. The minimum absolute atomic E-state index is 0.0597. The number of hydrogen-bond donors (Lipinski definition) is 1.